The molecule has 0 aromatic heterocycles. The van der Waals surface area contributed by atoms with Crippen molar-refractivity contribution in [3.8, 4) is 0 Å². The maximum Gasteiger partial charge on any atom is 0.314 e. The van der Waals surface area contributed by atoms with Crippen molar-refractivity contribution in [2.24, 2.45) is 11.0 Å². The maximum absolute atomic E-state index is 11.0. The number of azide groups is 1. The van der Waals surface area contributed by atoms with Crippen LogP contribution < -0.4 is 0 Å². The van der Waals surface area contributed by atoms with E-state index in [4.69, 9.17) is 5.53 Å². The molecule has 0 fully saturated rings. The molecule has 0 aromatic rings. The lowest BCUT2D eigenvalue weighted by Crippen LogP contribution is -2.26. The zero-order chi connectivity index (χ0) is 9.56. The Morgan fingerprint density at radius 2 is 2.33 bits per heavy atom. The summed E-state index contributed by atoms with van der Waals surface area (Å²) in [7, 11) is 1.28. The van der Waals surface area contributed by atoms with Crippen molar-refractivity contribution in [3.05, 3.63) is 10.4 Å². The summed E-state index contributed by atoms with van der Waals surface area (Å²) in [5.74, 6) is -0.449. The molecule has 0 bridgehead atoms. The second kappa shape index (κ2) is 5.43. The maximum atomic E-state index is 11.0. The summed E-state index contributed by atoms with van der Waals surface area (Å²) in [6, 6.07) is -0.690. The Kier molecular flexibility index (Phi) is 4.88. The van der Waals surface area contributed by atoms with E-state index < -0.39 is 12.0 Å². The third-order valence-electron chi connectivity index (χ3n) is 1.80. The topological polar surface area (TPSA) is 75.1 Å². The highest BCUT2D eigenvalue weighted by atomic mass is 16.5. The smallest absolute Gasteiger partial charge is 0.314 e. The van der Waals surface area contributed by atoms with Crippen LogP contribution in [0.4, 0.5) is 0 Å². The molecule has 0 heterocycles. The average Bonchev–Trinajstić information content (AvgIpc) is 2.11. The summed E-state index contributed by atoms with van der Waals surface area (Å²) >= 11 is 0. The number of hydrogen-bond acceptors (Lipinski definition) is 3. The van der Waals surface area contributed by atoms with Gasteiger partial charge in [-0.1, -0.05) is 25.4 Å². The van der Waals surface area contributed by atoms with Gasteiger partial charge < -0.3 is 4.74 Å². The number of esters is 1. The summed E-state index contributed by atoms with van der Waals surface area (Å²) in [6.07, 6.45) is 0.777. The van der Waals surface area contributed by atoms with E-state index in [1.165, 1.54) is 7.11 Å². The second-order valence-electron chi connectivity index (χ2n) is 2.56. The molecule has 0 saturated carbocycles. The van der Waals surface area contributed by atoms with Crippen LogP contribution in [0.2, 0.25) is 0 Å². The number of rotatable bonds is 4. The summed E-state index contributed by atoms with van der Waals surface area (Å²) in [6.45, 7) is 3.77. The first-order valence-electron chi connectivity index (χ1n) is 3.79. The predicted molar refractivity (Wildman–Crippen MR) is 44.4 cm³/mol. The molecule has 2 atom stereocenters. The lowest BCUT2D eigenvalue weighted by atomic mass is 10.0. The molecule has 0 unspecified atom stereocenters. The monoisotopic (exact) mass is 171 g/mol. The predicted octanol–water partition coefficient (Wildman–Crippen LogP) is 1.88. The molecule has 0 aliphatic heterocycles. The van der Waals surface area contributed by atoms with Gasteiger partial charge in [0.15, 0.2) is 0 Å². The Bertz CT molecular complexity index is 199. The molecule has 0 aliphatic carbocycles. The molecular formula is C7H13N3O2. The van der Waals surface area contributed by atoms with Gasteiger partial charge in [0, 0.05) is 4.91 Å². The molecule has 68 valence electrons. The fourth-order valence-electron chi connectivity index (χ4n) is 0.793. The highest BCUT2D eigenvalue weighted by Crippen LogP contribution is 2.12. The van der Waals surface area contributed by atoms with Gasteiger partial charge in [-0.25, -0.2) is 0 Å². The summed E-state index contributed by atoms with van der Waals surface area (Å²) in [4.78, 5) is 13.6. The standard InChI is InChI=1S/C7H13N3O2/c1-4-5(2)6(9-10-8)7(11)12-3/h5-6H,4H2,1-3H3/t5-,6-/m0/s1. The van der Waals surface area contributed by atoms with Crippen molar-refractivity contribution in [3.63, 3.8) is 0 Å². The van der Waals surface area contributed by atoms with Gasteiger partial charge >= 0.3 is 5.97 Å². The van der Waals surface area contributed by atoms with Crippen LogP contribution in [0.1, 0.15) is 20.3 Å². The van der Waals surface area contributed by atoms with Gasteiger partial charge in [0.2, 0.25) is 0 Å². The summed E-state index contributed by atoms with van der Waals surface area (Å²) < 4.78 is 4.48. The van der Waals surface area contributed by atoms with Crippen LogP contribution in [0, 0.1) is 5.92 Å². The SMILES string of the molecule is CC[C@H](C)[C@H](N=[N+]=[N-])C(=O)OC. The first kappa shape index (κ1) is 10.8. The van der Waals surface area contributed by atoms with Gasteiger partial charge in [0.1, 0.15) is 6.04 Å². The van der Waals surface area contributed by atoms with Gasteiger partial charge in [-0.05, 0) is 11.4 Å². The third kappa shape index (κ3) is 2.80. The van der Waals surface area contributed by atoms with Crippen LogP contribution >= 0.6 is 0 Å². The molecule has 0 spiro atoms. The van der Waals surface area contributed by atoms with Crippen molar-refractivity contribution in [1.29, 1.82) is 0 Å². The van der Waals surface area contributed by atoms with Crippen molar-refractivity contribution >= 4 is 5.97 Å². The molecular weight excluding hydrogens is 158 g/mol. The van der Waals surface area contributed by atoms with E-state index in [1.54, 1.807) is 0 Å². The molecule has 5 nitrogen and oxygen atoms in total. The molecule has 5 heteroatoms. The lowest BCUT2D eigenvalue weighted by Gasteiger charge is -2.14. The van der Waals surface area contributed by atoms with E-state index in [1.807, 2.05) is 13.8 Å². The minimum Gasteiger partial charge on any atom is -0.469 e. The Labute approximate surface area is 71.3 Å². The van der Waals surface area contributed by atoms with Crippen molar-refractivity contribution < 1.29 is 9.53 Å². The first-order valence-corrected chi connectivity index (χ1v) is 3.79. The van der Waals surface area contributed by atoms with Crippen molar-refractivity contribution in [2.45, 2.75) is 26.3 Å². The molecule has 0 aliphatic rings. The van der Waals surface area contributed by atoms with Crippen LogP contribution in [0.5, 0.6) is 0 Å². The number of nitrogens with zero attached hydrogens (tertiary/aromatic N) is 3. The van der Waals surface area contributed by atoms with Crippen LogP contribution in [0.15, 0.2) is 5.11 Å². The van der Waals surface area contributed by atoms with Gasteiger partial charge in [0.05, 0.1) is 7.11 Å². The van der Waals surface area contributed by atoms with Crippen molar-refractivity contribution in [2.75, 3.05) is 7.11 Å². The molecule has 0 rings (SSSR count). The first-order chi connectivity index (χ1) is 5.67. The minimum absolute atomic E-state index is 0.0216. The fraction of sp³-hybridized carbons (Fsp3) is 0.857. The quantitative estimate of drug-likeness (QED) is 0.280. The summed E-state index contributed by atoms with van der Waals surface area (Å²) in [5.41, 5.74) is 8.18. The normalized spacial score (nSPS) is 14.2. The highest BCUT2D eigenvalue weighted by Gasteiger charge is 2.22. The van der Waals surface area contributed by atoms with Crippen LogP contribution in [-0.4, -0.2) is 19.1 Å². The number of hydrogen-bond donors (Lipinski definition) is 0. The highest BCUT2D eigenvalue weighted by molar-refractivity contribution is 5.76. The Balaban J connectivity index is 4.42. The van der Waals surface area contributed by atoms with E-state index in [0.29, 0.717) is 0 Å². The molecule has 0 N–H and O–H groups in total. The van der Waals surface area contributed by atoms with Gasteiger partial charge in [-0.15, -0.1) is 0 Å². The Morgan fingerprint density at radius 3 is 2.67 bits per heavy atom. The van der Waals surface area contributed by atoms with E-state index in [-0.39, 0.29) is 5.92 Å². The molecule has 12 heavy (non-hydrogen) atoms. The largest absolute Gasteiger partial charge is 0.469 e. The number of carbonyl (C=O) groups is 1. The Morgan fingerprint density at radius 1 is 1.75 bits per heavy atom. The number of carbonyl (C=O) groups excluding carboxylic acids is 1. The number of ether oxygens (including phenoxy) is 1. The third-order valence-corrected chi connectivity index (χ3v) is 1.80. The minimum atomic E-state index is -0.690. The van der Waals surface area contributed by atoms with Gasteiger partial charge in [0.25, 0.3) is 0 Å². The Hall–Kier alpha value is -1.22. The molecule has 0 saturated heterocycles. The second-order valence-corrected chi connectivity index (χ2v) is 2.56. The van der Waals surface area contributed by atoms with Crippen molar-refractivity contribution in [1.82, 2.24) is 0 Å². The summed E-state index contributed by atoms with van der Waals surface area (Å²) in [5, 5.41) is 3.37. The molecule has 0 amide bonds. The van der Waals surface area contributed by atoms with Crippen LogP contribution in [0.25, 0.3) is 10.4 Å². The van der Waals surface area contributed by atoms with Crippen LogP contribution in [-0.2, 0) is 9.53 Å². The van der Waals surface area contributed by atoms with Crippen LogP contribution in [0.3, 0.4) is 0 Å². The van der Waals surface area contributed by atoms with Gasteiger partial charge in [-0.3, -0.25) is 4.79 Å². The van der Waals surface area contributed by atoms with E-state index in [9.17, 15) is 4.79 Å². The lowest BCUT2D eigenvalue weighted by molar-refractivity contribution is -0.143. The van der Waals surface area contributed by atoms with Gasteiger partial charge in [-0.2, -0.15) is 0 Å². The zero-order valence-corrected chi connectivity index (χ0v) is 7.52. The fourth-order valence-corrected chi connectivity index (χ4v) is 0.793. The number of methoxy groups -OCH3 is 1. The van der Waals surface area contributed by atoms with E-state index in [0.717, 1.165) is 6.42 Å². The molecule has 0 radical (unpaired) electrons. The average molecular weight is 171 g/mol. The zero-order valence-electron chi connectivity index (χ0n) is 7.52. The van der Waals surface area contributed by atoms with E-state index >= 15 is 0 Å². The molecule has 0 aromatic carbocycles. The van der Waals surface area contributed by atoms with E-state index in [2.05, 4.69) is 14.8 Å².